The van der Waals surface area contributed by atoms with Gasteiger partial charge in [0.2, 0.25) is 0 Å². The van der Waals surface area contributed by atoms with Crippen LogP contribution >= 0.6 is 0 Å². The largest absolute Gasteiger partial charge is 0.319 e. The van der Waals surface area contributed by atoms with Gasteiger partial charge in [-0.1, -0.05) is 66.2 Å². The molecule has 0 fully saturated rings. The lowest BCUT2D eigenvalue weighted by molar-refractivity contribution is 0.102. The van der Waals surface area contributed by atoms with Crippen LogP contribution in [0.2, 0.25) is 0 Å². The second-order valence-electron chi connectivity index (χ2n) is 8.28. The molecular formula is C28H25N5O. The molecule has 2 aromatic heterocycles. The van der Waals surface area contributed by atoms with Crippen LogP contribution in [-0.2, 0) is 0 Å². The molecule has 3 aromatic carbocycles. The van der Waals surface area contributed by atoms with Gasteiger partial charge in [-0.15, -0.1) is 0 Å². The minimum absolute atomic E-state index is 0.226. The Morgan fingerprint density at radius 1 is 0.765 bits per heavy atom. The molecule has 5 aromatic rings. The van der Waals surface area contributed by atoms with Crippen molar-refractivity contribution in [2.45, 2.75) is 20.8 Å². The molecule has 0 saturated carbocycles. The van der Waals surface area contributed by atoms with Crippen LogP contribution in [-0.4, -0.2) is 25.5 Å². The summed E-state index contributed by atoms with van der Waals surface area (Å²) in [7, 11) is 0. The van der Waals surface area contributed by atoms with Crippen LogP contribution in [0.5, 0.6) is 0 Å². The third kappa shape index (κ3) is 4.01. The maximum Gasteiger partial charge on any atom is 0.259 e. The SMILES string of the molecule is Cc1ccc(-n2nc(C)c(NC(=O)c3cn(-c4ccccc4)nc3-c3ccccc3)c2C)cc1. The number of nitrogens with zero attached hydrogens (tertiary/aromatic N) is 4. The van der Waals surface area contributed by atoms with Crippen molar-refractivity contribution in [2.75, 3.05) is 5.32 Å². The van der Waals surface area contributed by atoms with Crippen LogP contribution in [0.1, 0.15) is 27.3 Å². The zero-order chi connectivity index (χ0) is 23.7. The van der Waals surface area contributed by atoms with Crippen molar-refractivity contribution in [3.05, 3.63) is 114 Å². The van der Waals surface area contributed by atoms with Crippen molar-refractivity contribution in [3.8, 4) is 22.6 Å². The molecule has 1 amide bonds. The standard InChI is InChI=1S/C28H25N5O/c1-19-14-16-24(17-15-19)33-21(3)26(20(2)30-33)29-28(34)25-18-32(23-12-8-5-9-13-23)31-27(25)22-10-6-4-7-11-22/h4-18H,1-3H3,(H,29,34). The molecule has 0 unspecified atom stereocenters. The molecule has 0 aliphatic heterocycles. The normalized spacial score (nSPS) is 10.9. The Kier molecular flexibility index (Phi) is 5.55. The number of aryl methyl sites for hydroxylation is 2. The number of rotatable bonds is 5. The molecule has 0 bridgehead atoms. The highest BCUT2D eigenvalue weighted by Gasteiger charge is 2.22. The maximum atomic E-state index is 13.5. The summed E-state index contributed by atoms with van der Waals surface area (Å²) in [6.45, 7) is 5.91. The van der Waals surface area contributed by atoms with Gasteiger partial charge in [0.1, 0.15) is 5.69 Å². The number of carbonyl (C=O) groups is 1. The van der Waals surface area contributed by atoms with E-state index in [1.807, 2.05) is 103 Å². The molecule has 0 atom stereocenters. The van der Waals surface area contributed by atoms with Gasteiger partial charge in [0.05, 0.1) is 34.0 Å². The highest BCUT2D eigenvalue weighted by molar-refractivity contribution is 6.08. The van der Waals surface area contributed by atoms with Crippen molar-refractivity contribution in [1.82, 2.24) is 19.6 Å². The third-order valence-corrected chi connectivity index (χ3v) is 5.84. The monoisotopic (exact) mass is 447 g/mol. The molecule has 0 aliphatic carbocycles. The second kappa shape index (κ2) is 8.83. The molecule has 168 valence electrons. The van der Waals surface area contributed by atoms with Crippen LogP contribution in [0.3, 0.4) is 0 Å². The van der Waals surface area contributed by atoms with E-state index in [1.54, 1.807) is 10.9 Å². The molecule has 0 radical (unpaired) electrons. The van der Waals surface area contributed by atoms with Gasteiger partial charge in [0.25, 0.3) is 5.91 Å². The molecule has 6 heteroatoms. The minimum Gasteiger partial charge on any atom is -0.319 e. The van der Waals surface area contributed by atoms with Crippen LogP contribution < -0.4 is 5.32 Å². The van der Waals surface area contributed by atoms with Crippen molar-refractivity contribution in [3.63, 3.8) is 0 Å². The number of amides is 1. The molecule has 0 saturated heterocycles. The number of anilines is 1. The lowest BCUT2D eigenvalue weighted by Gasteiger charge is -2.08. The van der Waals surface area contributed by atoms with Gasteiger partial charge in [-0.05, 0) is 45.0 Å². The molecule has 1 N–H and O–H groups in total. The topological polar surface area (TPSA) is 64.7 Å². The molecule has 5 rings (SSSR count). The van der Waals surface area contributed by atoms with Crippen molar-refractivity contribution < 1.29 is 4.79 Å². The van der Waals surface area contributed by atoms with Gasteiger partial charge < -0.3 is 5.32 Å². The zero-order valence-electron chi connectivity index (χ0n) is 19.4. The number of benzene rings is 3. The minimum atomic E-state index is -0.226. The summed E-state index contributed by atoms with van der Waals surface area (Å²) in [5.74, 6) is -0.226. The predicted octanol–water partition coefficient (Wildman–Crippen LogP) is 5.90. The first-order chi connectivity index (χ1) is 16.5. The smallest absolute Gasteiger partial charge is 0.259 e. The van der Waals surface area contributed by atoms with Crippen LogP contribution in [0.15, 0.2) is 91.1 Å². The van der Waals surface area contributed by atoms with E-state index in [-0.39, 0.29) is 5.91 Å². The average Bonchev–Trinajstić information content (AvgIpc) is 3.43. The number of hydrogen-bond donors (Lipinski definition) is 1. The molecule has 6 nitrogen and oxygen atoms in total. The number of carbonyl (C=O) groups excluding carboxylic acids is 1. The van der Waals surface area contributed by atoms with E-state index in [2.05, 4.69) is 17.3 Å². The number of aromatic nitrogens is 4. The summed E-state index contributed by atoms with van der Waals surface area (Å²) in [6.07, 6.45) is 1.78. The predicted molar refractivity (Wildman–Crippen MR) is 135 cm³/mol. The van der Waals surface area contributed by atoms with Crippen LogP contribution in [0.25, 0.3) is 22.6 Å². The fourth-order valence-corrected chi connectivity index (χ4v) is 4.00. The first-order valence-corrected chi connectivity index (χ1v) is 11.2. The van der Waals surface area contributed by atoms with E-state index in [9.17, 15) is 4.79 Å². The lowest BCUT2D eigenvalue weighted by atomic mass is 10.1. The fraction of sp³-hybridized carbons (Fsp3) is 0.107. The Bertz CT molecular complexity index is 1450. The molecular weight excluding hydrogens is 422 g/mol. The Morgan fingerprint density at radius 3 is 2.09 bits per heavy atom. The van der Waals surface area contributed by atoms with E-state index in [4.69, 9.17) is 5.10 Å². The maximum absolute atomic E-state index is 13.5. The molecule has 2 heterocycles. The average molecular weight is 448 g/mol. The van der Waals surface area contributed by atoms with Gasteiger partial charge in [-0.25, -0.2) is 9.36 Å². The van der Waals surface area contributed by atoms with Gasteiger partial charge in [-0.2, -0.15) is 10.2 Å². The molecule has 34 heavy (non-hydrogen) atoms. The Balaban J connectivity index is 1.53. The van der Waals surface area contributed by atoms with E-state index in [0.29, 0.717) is 16.9 Å². The Labute approximate surface area is 198 Å². The van der Waals surface area contributed by atoms with Gasteiger partial charge in [0, 0.05) is 11.8 Å². The zero-order valence-corrected chi connectivity index (χ0v) is 19.4. The summed E-state index contributed by atoms with van der Waals surface area (Å²) in [5.41, 5.74) is 7.35. The van der Waals surface area contributed by atoms with Crippen LogP contribution in [0.4, 0.5) is 5.69 Å². The molecule has 0 spiro atoms. The summed E-state index contributed by atoms with van der Waals surface area (Å²) < 4.78 is 3.60. The van der Waals surface area contributed by atoms with Gasteiger partial charge in [0.15, 0.2) is 0 Å². The van der Waals surface area contributed by atoms with E-state index in [1.165, 1.54) is 5.56 Å². The molecule has 0 aliphatic rings. The fourth-order valence-electron chi connectivity index (χ4n) is 4.00. The number of hydrogen-bond acceptors (Lipinski definition) is 3. The van der Waals surface area contributed by atoms with E-state index < -0.39 is 0 Å². The summed E-state index contributed by atoms with van der Waals surface area (Å²) >= 11 is 0. The first-order valence-electron chi connectivity index (χ1n) is 11.2. The summed E-state index contributed by atoms with van der Waals surface area (Å²) in [5, 5.41) is 12.5. The van der Waals surface area contributed by atoms with E-state index >= 15 is 0 Å². The first kappa shape index (κ1) is 21.4. The van der Waals surface area contributed by atoms with Gasteiger partial charge in [-0.3, -0.25) is 4.79 Å². The van der Waals surface area contributed by atoms with Crippen molar-refractivity contribution >= 4 is 11.6 Å². The number of para-hydroxylation sites is 1. The van der Waals surface area contributed by atoms with Gasteiger partial charge >= 0.3 is 0 Å². The van der Waals surface area contributed by atoms with Crippen LogP contribution in [0, 0.1) is 20.8 Å². The quantitative estimate of drug-likeness (QED) is 0.365. The Hall–Kier alpha value is -4.45. The van der Waals surface area contributed by atoms with E-state index in [0.717, 1.165) is 28.3 Å². The highest BCUT2D eigenvalue weighted by atomic mass is 16.1. The third-order valence-electron chi connectivity index (χ3n) is 5.84. The number of nitrogens with one attached hydrogen (secondary N) is 1. The second-order valence-corrected chi connectivity index (χ2v) is 8.28. The lowest BCUT2D eigenvalue weighted by Crippen LogP contribution is -2.13. The van der Waals surface area contributed by atoms with Crippen molar-refractivity contribution in [1.29, 1.82) is 0 Å². The Morgan fingerprint density at radius 2 is 1.41 bits per heavy atom. The highest BCUT2D eigenvalue weighted by Crippen LogP contribution is 2.27. The van der Waals surface area contributed by atoms with Crippen molar-refractivity contribution in [2.24, 2.45) is 0 Å². The summed E-state index contributed by atoms with van der Waals surface area (Å²) in [6, 6.07) is 27.7. The summed E-state index contributed by atoms with van der Waals surface area (Å²) in [4.78, 5) is 13.5.